The number of esters is 1. The van der Waals surface area contributed by atoms with Crippen LogP contribution in [-0.2, 0) is 19.0 Å². The molecule has 4 unspecified atom stereocenters. The van der Waals surface area contributed by atoms with Crippen molar-refractivity contribution in [2.75, 3.05) is 13.2 Å². The maximum Gasteiger partial charge on any atom is 0.331 e. The molecule has 41 heavy (non-hydrogen) atoms. The van der Waals surface area contributed by atoms with Crippen LogP contribution in [0.4, 0.5) is 0 Å². The molecule has 8 N–H and O–H groups in total. The highest BCUT2D eigenvalue weighted by Crippen LogP contribution is 2.70. The highest BCUT2D eigenvalue weighted by Gasteiger charge is 2.75. The predicted octanol–water partition coefficient (Wildman–Crippen LogP) is -1.51. The standard InChI is InChI=1S/C29H44O12/c1-13-22(34)23(35)24(36)25(40-13)41-15-8-19(32)28(12-30)21-17(3-5-27(28,37)9-15)29(38)6-4-16(14-7-20(33)39-11-14)26(29,2)10-18(21)31/h7,13,15-19,21-25,30-32,34-38H,3-6,8-12H2,1-2H3/t13-,15?,16+,17+,18?,19?,21+,22-,23+,24+,25+,26+,27?,28+,29-/m0/s1. The zero-order chi connectivity index (χ0) is 29.7. The van der Waals surface area contributed by atoms with Crippen LogP contribution < -0.4 is 0 Å². The highest BCUT2D eigenvalue weighted by molar-refractivity contribution is 5.85. The number of carbonyl (C=O) groups is 1. The molecule has 12 nitrogen and oxygen atoms in total. The number of cyclic esters (lactones) is 1. The van der Waals surface area contributed by atoms with Gasteiger partial charge in [-0.15, -0.1) is 0 Å². The summed E-state index contributed by atoms with van der Waals surface area (Å²) in [5, 5.41) is 89.6. The second kappa shape index (κ2) is 9.91. The summed E-state index contributed by atoms with van der Waals surface area (Å²) >= 11 is 0. The number of carbonyl (C=O) groups excluding carboxylic acids is 1. The van der Waals surface area contributed by atoms with E-state index in [2.05, 4.69) is 0 Å². The minimum Gasteiger partial charge on any atom is -0.458 e. The summed E-state index contributed by atoms with van der Waals surface area (Å²) in [6.45, 7) is 3.00. The van der Waals surface area contributed by atoms with Crippen molar-refractivity contribution >= 4 is 5.97 Å². The van der Waals surface area contributed by atoms with E-state index in [0.717, 1.165) is 5.57 Å². The van der Waals surface area contributed by atoms with Gasteiger partial charge in [0.05, 0.1) is 47.6 Å². The van der Waals surface area contributed by atoms with Crippen molar-refractivity contribution in [2.24, 2.45) is 28.6 Å². The third-order valence-corrected chi connectivity index (χ3v) is 12.2. The Bertz CT molecular complexity index is 1080. The number of aliphatic hydroxyl groups excluding tert-OH is 6. The molecule has 0 aromatic carbocycles. The number of hydrogen-bond acceptors (Lipinski definition) is 12. The van der Waals surface area contributed by atoms with Crippen LogP contribution in [0.5, 0.6) is 0 Å². The van der Waals surface area contributed by atoms with E-state index in [9.17, 15) is 45.6 Å². The van der Waals surface area contributed by atoms with Crippen molar-refractivity contribution in [1.82, 2.24) is 0 Å². The molecule has 2 heterocycles. The van der Waals surface area contributed by atoms with Crippen molar-refractivity contribution < 1.29 is 59.9 Å². The van der Waals surface area contributed by atoms with Crippen molar-refractivity contribution in [2.45, 2.75) is 119 Å². The average Bonchev–Trinajstić information content (AvgIpc) is 3.45. The van der Waals surface area contributed by atoms with E-state index in [1.165, 1.54) is 13.0 Å². The minimum atomic E-state index is -1.67. The maximum absolute atomic E-state index is 12.4. The third-order valence-electron chi connectivity index (χ3n) is 12.2. The first-order valence-electron chi connectivity index (χ1n) is 14.9. The molecule has 6 rings (SSSR count). The summed E-state index contributed by atoms with van der Waals surface area (Å²) in [6.07, 6.45) is -6.68. The molecule has 4 aliphatic carbocycles. The number of hydrogen-bond donors (Lipinski definition) is 8. The van der Waals surface area contributed by atoms with Crippen LogP contribution in [0.15, 0.2) is 11.6 Å². The summed E-state index contributed by atoms with van der Waals surface area (Å²) in [4.78, 5) is 11.8. The van der Waals surface area contributed by atoms with Crippen LogP contribution in [0.3, 0.4) is 0 Å². The highest BCUT2D eigenvalue weighted by atomic mass is 16.7. The number of aliphatic hydroxyl groups is 8. The lowest BCUT2D eigenvalue weighted by molar-refractivity contribution is -0.342. The van der Waals surface area contributed by atoms with Crippen LogP contribution in [0.1, 0.15) is 58.8 Å². The Morgan fingerprint density at radius 3 is 2.41 bits per heavy atom. The summed E-state index contributed by atoms with van der Waals surface area (Å²) < 4.78 is 16.7. The maximum atomic E-state index is 12.4. The molecule has 0 bridgehead atoms. The smallest absolute Gasteiger partial charge is 0.331 e. The van der Waals surface area contributed by atoms with Gasteiger partial charge in [-0.2, -0.15) is 0 Å². The molecule has 0 spiro atoms. The third kappa shape index (κ3) is 3.99. The monoisotopic (exact) mass is 584 g/mol. The fourth-order valence-corrected chi connectivity index (χ4v) is 10.1. The van der Waals surface area contributed by atoms with Gasteiger partial charge < -0.3 is 55.1 Å². The van der Waals surface area contributed by atoms with E-state index in [0.29, 0.717) is 19.3 Å². The Hall–Kier alpha value is -1.19. The number of rotatable bonds is 4. The predicted molar refractivity (Wildman–Crippen MR) is 139 cm³/mol. The number of fused-ring (bicyclic) bond motifs is 5. The van der Waals surface area contributed by atoms with Gasteiger partial charge in [0.1, 0.15) is 24.9 Å². The first kappa shape index (κ1) is 29.9. The van der Waals surface area contributed by atoms with Gasteiger partial charge in [-0.1, -0.05) is 6.92 Å². The largest absolute Gasteiger partial charge is 0.458 e. The van der Waals surface area contributed by atoms with Gasteiger partial charge in [-0.05, 0) is 56.4 Å². The minimum absolute atomic E-state index is 0.0369. The van der Waals surface area contributed by atoms with Crippen LogP contribution in [0, 0.1) is 28.6 Å². The van der Waals surface area contributed by atoms with Gasteiger partial charge >= 0.3 is 5.97 Å². The fourth-order valence-electron chi connectivity index (χ4n) is 10.1. The van der Waals surface area contributed by atoms with Crippen LogP contribution in [0.2, 0.25) is 0 Å². The quantitative estimate of drug-likeness (QED) is 0.140. The van der Waals surface area contributed by atoms with Crippen LogP contribution >= 0.6 is 0 Å². The first-order chi connectivity index (χ1) is 19.2. The molecule has 0 radical (unpaired) electrons. The number of ether oxygens (including phenoxy) is 3. The Morgan fingerprint density at radius 1 is 1.02 bits per heavy atom. The molecule has 0 amide bonds. The van der Waals surface area contributed by atoms with Crippen molar-refractivity contribution in [1.29, 1.82) is 0 Å². The molecule has 4 saturated carbocycles. The molecule has 0 aromatic rings. The molecule has 1 saturated heterocycles. The lowest BCUT2D eigenvalue weighted by Crippen LogP contribution is -2.76. The molecule has 0 aromatic heterocycles. The lowest BCUT2D eigenvalue weighted by Gasteiger charge is -2.68. The average molecular weight is 585 g/mol. The molecule has 6 aliphatic rings. The molecule has 232 valence electrons. The normalized spacial score (nSPS) is 56.9. The van der Waals surface area contributed by atoms with Gasteiger partial charge in [0.15, 0.2) is 6.29 Å². The Balaban J connectivity index is 1.28. The molecule has 2 aliphatic heterocycles. The zero-order valence-corrected chi connectivity index (χ0v) is 23.5. The van der Waals surface area contributed by atoms with Crippen molar-refractivity contribution in [3.05, 3.63) is 11.6 Å². The van der Waals surface area contributed by atoms with Gasteiger partial charge in [0.2, 0.25) is 0 Å². The first-order valence-corrected chi connectivity index (χ1v) is 14.9. The van der Waals surface area contributed by atoms with Crippen molar-refractivity contribution in [3.63, 3.8) is 0 Å². The van der Waals surface area contributed by atoms with E-state index >= 15 is 0 Å². The molecule has 5 fully saturated rings. The van der Waals surface area contributed by atoms with Gasteiger partial charge in [-0.25, -0.2) is 4.79 Å². The topological polar surface area (TPSA) is 207 Å². The summed E-state index contributed by atoms with van der Waals surface area (Å²) in [5.74, 6) is -1.93. The molecule has 12 heteroatoms. The van der Waals surface area contributed by atoms with Gasteiger partial charge in [0.25, 0.3) is 0 Å². The molecular formula is C29H44O12. The SMILES string of the molecule is C[C@@H]1O[C@H](OC2CC(O)[C@]3(CO)[C@H]4C(O)C[C@]5(C)[C@@H](C6=CC(=O)OC6)CC[C@]5(O)[C@@H]4CCC3(O)C2)[C@H](O)[C@H](O)[C@H]1O. The van der Waals surface area contributed by atoms with E-state index in [-0.39, 0.29) is 38.2 Å². The van der Waals surface area contributed by atoms with Crippen LogP contribution in [-0.4, -0.2) is 120 Å². The van der Waals surface area contributed by atoms with E-state index in [1.807, 2.05) is 6.92 Å². The molecular weight excluding hydrogens is 540 g/mol. The molecule has 15 atom stereocenters. The fraction of sp³-hybridized carbons (Fsp3) is 0.897. The van der Waals surface area contributed by atoms with E-state index in [1.54, 1.807) is 0 Å². The summed E-state index contributed by atoms with van der Waals surface area (Å²) in [7, 11) is 0. The Morgan fingerprint density at radius 2 is 1.76 bits per heavy atom. The zero-order valence-electron chi connectivity index (χ0n) is 23.5. The second-order valence-electron chi connectivity index (χ2n) is 13.8. The van der Waals surface area contributed by atoms with Crippen LogP contribution in [0.25, 0.3) is 0 Å². The van der Waals surface area contributed by atoms with Gasteiger partial charge in [-0.3, -0.25) is 0 Å². The Kier molecular flexibility index (Phi) is 7.22. The second-order valence-corrected chi connectivity index (χ2v) is 13.8. The summed E-state index contributed by atoms with van der Waals surface area (Å²) in [5.41, 5.74) is -4.46. The lowest BCUT2D eigenvalue weighted by atomic mass is 9.40. The van der Waals surface area contributed by atoms with E-state index < -0.39 is 95.5 Å². The summed E-state index contributed by atoms with van der Waals surface area (Å²) in [6, 6.07) is 0. The van der Waals surface area contributed by atoms with E-state index in [4.69, 9.17) is 14.2 Å². The van der Waals surface area contributed by atoms with Crippen molar-refractivity contribution in [3.8, 4) is 0 Å². The van der Waals surface area contributed by atoms with Gasteiger partial charge in [0, 0.05) is 30.3 Å². The Labute approximate surface area is 238 Å².